The van der Waals surface area contributed by atoms with Gasteiger partial charge < -0.3 is 10.2 Å². The maximum atomic E-state index is 12.8. The number of piperidine rings is 1. The van der Waals surface area contributed by atoms with Crippen molar-refractivity contribution < 1.29 is 9.59 Å². The summed E-state index contributed by atoms with van der Waals surface area (Å²) in [6, 6.07) is 14.2. The van der Waals surface area contributed by atoms with Crippen LogP contribution in [0.5, 0.6) is 0 Å². The zero-order valence-corrected chi connectivity index (χ0v) is 17.7. The standard InChI is InChI=1S/C24H23N5O3/c1-16-4-2-3-5-19(16)23(31)27-18-8-10-28(11-9-18)22(30)14-29-15-26-21-12-17(13-25)6-7-20(21)24(29)32/h2-7,12,15,18H,8-11,14H2,1H3,(H,27,31). The third-order valence-corrected chi connectivity index (χ3v) is 5.83. The van der Waals surface area contributed by atoms with Gasteiger partial charge in [-0.1, -0.05) is 18.2 Å². The lowest BCUT2D eigenvalue weighted by Crippen LogP contribution is -2.47. The lowest BCUT2D eigenvalue weighted by Gasteiger charge is -2.32. The number of aryl methyl sites for hydroxylation is 1. The van der Waals surface area contributed by atoms with Crippen LogP contribution in [0.2, 0.25) is 0 Å². The van der Waals surface area contributed by atoms with E-state index in [2.05, 4.69) is 10.3 Å². The second-order valence-corrected chi connectivity index (χ2v) is 7.96. The summed E-state index contributed by atoms with van der Waals surface area (Å²) in [6.45, 7) is 2.84. The van der Waals surface area contributed by atoms with Crippen molar-refractivity contribution in [2.75, 3.05) is 13.1 Å². The third kappa shape index (κ3) is 4.37. The first-order valence-corrected chi connectivity index (χ1v) is 10.5. The minimum atomic E-state index is -0.312. The number of benzene rings is 2. The van der Waals surface area contributed by atoms with Crippen molar-refractivity contribution in [3.63, 3.8) is 0 Å². The van der Waals surface area contributed by atoms with Crippen LogP contribution in [0.4, 0.5) is 0 Å². The lowest BCUT2D eigenvalue weighted by molar-refractivity contribution is -0.133. The minimum absolute atomic E-state index is 0.00513. The fourth-order valence-corrected chi connectivity index (χ4v) is 3.95. The number of nitrogens with one attached hydrogen (secondary N) is 1. The van der Waals surface area contributed by atoms with Crippen LogP contribution in [0.15, 0.2) is 53.6 Å². The third-order valence-electron chi connectivity index (χ3n) is 5.83. The van der Waals surface area contributed by atoms with Crippen molar-refractivity contribution in [1.29, 1.82) is 5.26 Å². The van der Waals surface area contributed by atoms with Gasteiger partial charge in [-0.25, -0.2) is 4.98 Å². The molecule has 4 rings (SSSR count). The van der Waals surface area contributed by atoms with E-state index in [1.165, 1.54) is 10.9 Å². The molecule has 0 aliphatic carbocycles. The Hall–Kier alpha value is -3.99. The fourth-order valence-electron chi connectivity index (χ4n) is 3.95. The van der Waals surface area contributed by atoms with Gasteiger partial charge >= 0.3 is 0 Å². The van der Waals surface area contributed by atoms with Gasteiger partial charge in [-0.2, -0.15) is 5.26 Å². The van der Waals surface area contributed by atoms with Crippen LogP contribution in [0.1, 0.15) is 34.3 Å². The number of hydrogen-bond donors (Lipinski definition) is 1. The van der Waals surface area contributed by atoms with Gasteiger partial charge in [0.2, 0.25) is 5.91 Å². The molecule has 1 saturated heterocycles. The zero-order chi connectivity index (χ0) is 22.7. The number of carbonyl (C=O) groups is 2. The van der Waals surface area contributed by atoms with E-state index in [0.29, 0.717) is 48.0 Å². The summed E-state index contributed by atoms with van der Waals surface area (Å²) in [5, 5.41) is 12.4. The zero-order valence-electron chi connectivity index (χ0n) is 17.7. The second-order valence-electron chi connectivity index (χ2n) is 7.96. The normalized spacial score (nSPS) is 14.2. The Morgan fingerprint density at radius 2 is 1.94 bits per heavy atom. The van der Waals surface area contributed by atoms with Crippen molar-refractivity contribution in [1.82, 2.24) is 19.8 Å². The van der Waals surface area contributed by atoms with E-state index in [1.807, 2.05) is 31.2 Å². The summed E-state index contributed by atoms with van der Waals surface area (Å²) in [7, 11) is 0. The number of aromatic nitrogens is 2. The summed E-state index contributed by atoms with van der Waals surface area (Å²) in [5.74, 6) is -0.258. The van der Waals surface area contributed by atoms with Crippen LogP contribution in [0, 0.1) is 18.3 Å². The van der Waals surface area contributed by atoms with Gasteiger partial charge in [-0.15, -0.1) is 0 Å². The van der Waals surface area contributed by atoms with Gasteiger partial charge in [0.1, 0.15) is 6.54 Å². The van der Waals surface area contributed by atoms with Gasteiger partial charge in [0.25, 0.3) is 11.5 Å². The first-order valence-electron chi connectivity index (χ1n) is 10.5. The molecule has 0 bridgehead atoms. The molecule has 162 valence electrons. The molecule has 0 radical (unpaired) electrons. The Kier molecular flexibility index (Phi) is 5.99. The monoisotopic (exact) mass is 429 g/mol. The molecule has 2 amide bonds. The second kappa shape index (κ2) is 9.02. The number of rotatable bonds is 4. The van der Waals surface area contributed by atoms with Gasteiger partial charge in [0.05, 0.1) is 28.9 Å². The number of nitrogens with zero attached hydrogens (tertiary/aromatic N) is 4. The Bertz CT molecular complexity index is 1280. The highest BCUT2D eigenvalue weighted by Gasteiger charge is 2.25. The van der Waals surface area contributed by atoms with Crippen LogP contribution < -0.4 is 10.9 Å². The molecule has 2 heterocycles. The average Bonchev–Trinajstić information content (AvgIpc) is 2.81. The van der Waals surface area contributed by atoms with E-state index in [4.69, 9.17) is 5.26 Å². The van der Waals surface area contributed by atoms with Crippen LogP contribution in [-0.4, -0.2) is 45.4 Å². The van der Waals surface area contributed by atoms with E-state index >= 15 is 0 Å². The molecule has 1 aliphatic rings. The molecule has 1 N–H and O–H groups in total. The Balaban J connectivity index is 1.36. The average molecular weight is 429 g/mol. The molecule has 1 fully saturated rings. The van der Waals surface area contributed by atoms with E-state index in [0.717, 1.165) is 5.56 Å². The highest BCUT2D eigenvalue weighted by atomic mass is 16.2. The van der Waals surface area contributed by atoms with Crippen molar-refractivity contribution >= 4 is 22.7 Å². The Labute approximate surface area is 185 Å². The highest BCUT2D eigenvalue weighted by Crippen LogP contribution is 2.14. The lowest BCUT2D eigenvalue weighted by atomic mass is 10.0. The predicted molar refractivity (Wildman–Crippen MR) is 119 cm³/mol. The number of likely N-dealkylation sites (tertiary alicyclic amines) is 1. The number of nitriles is 1. The molecule has 3 aromatic rings. The van der Waals surface area contributed by atoms with E-state index in [1.54, 1.807) is 29.2 Å². The first kappa shape index (κ1) is 21.2. The molecule has 8 nitrogen and oxygen atoms in total. The summed E-state index contributed by atoms with van der Waals surface area (Å²) in [5.41, 5.74) is 2.14. The molecule has 0 spiro atoms. The first-order chi connectivity index (χ1) is 15.5. The van der Waals surface area contributed by atoms with E-state index < -0.39 is 0 Å². The molecule has 32 heavy (non-hydrogen) atoms. The van der Waals surface area contributed by atoms with Crippen LogP contribution >= 0.6 is 0 Å². The van der Waals surface area contributed by atoms with Crippen molar-refractivity contribution in [2.24, 2.45) is 0 Å². The maximum absolute atomic E-state index is 12.8. The van der Waals surface area contributed by atoms with Crippen LogP contribution in [0.3, 0.4) is 0 Å². The number of carbonyl (C=O) groups excluding carboxylic acids is 2. The van der Waals surface area contributed by atoms with Gasteiger partial charge in [0.15, 0.2) is 0 Å². The summed E-state index contributed by atoms with van der Waals surface area (Å²) in [6.07, 6.45) is 2.66. The topological polar surface area (TPSA) is 108 Å². The Morgan fingerprint density at radius 1 is 1.19 bits per heavy atom. The van der Waals surface area contributed by atoms with Crippen molar-refractivity contribution in [2.45, 2.75) is 32.4 Å². The van der Waals surface area contributed by atoms with E-state index in [9.17, 15) is 14.4 Å². The number of fused-ring (bicyclic) bond motifs is 1. The van der Waals surface area contributed by atoms with Crippen LogP contribution in [0.25, 0.3) is 10.9 Å². The molecule has 1 aliphatic heterocycles. The number of hydrogen-bond acceptors (Lipinski definition) is 5. The molecule has 0 atom stereocenters. The highest BCUT2D eigenvalue weighted by molar-refractivity contribution is 5.95. The molecule has 0 unspecified atom stereocenters. The molecular weight excluding hydrogens is 406 g/mol. The molecule has 0 saturated carbocycles. The van der Waals surface area contributed by atoms with Crippen molar-refractivity contribution in [3.05, 3.63) is 75.8 Å². The van der Waals surface area contributed by atoms with Crippen molar-refractivity contribution in [3.8, 4) is 6.07 Å². The molecular formula is C24H23N5O3. The largest absolute Gasteiger partial charge is 0.349 e. The predicted octanol–water partition coefficient (Wildman–Crippen LogP) is 2.00. The maximum Gasteiger partial charge on any atom is 0.261 e. The van der Waals surface area contributed by atoms with Gasteiger partial charge in [-0.05, 0) is 49.6 Å². The molecule has 2 aromatic carbocycles. The SMILES string of the molecule is Cc1ccccc1C(=O)NC1CCN(C(=O)Cn2cnc3cc(C#N)ccc3c2=O)CC1. The van der Waals surface area contributed by atoms with E-state index in [-0.39, 0.29) is 30.0 Å². The van der Waals surface area contributed by atoms with Gasteiger partial charge in [-0.3, -0.25) is 19.0 Å². The Morgan fingerprint density at radius 3 is 2.66 bits per heavy atom. The number of amides is 2. The molecule has 1 aromatic heterocycles. The summed E-state index contributed by atoms with van der Waals surface area (Å²) >= 11 is 0. The van der Waals surface area contributed by atoms with Crippen LogP contribution in [-0.2, 0) is 11.3 Å². The quantitative estimate of drug-likeness (QED) is 0.682. The van der Waals surface area contributed by atoms with Gasteiger partial charge in [0, 0.05) is 24.7 Å². The summed E-state index contributed by atoms with van der Waals surface area (Å²) < 4.78 is 1.29. The smallest absolute Gasteiger partial charge is 0.261 e. The summed E-state index contributed by atoms with van der Waals surface area (Å²) in [4.78, 5) is 43.9. The minimum Gasteiger partial charge on any atom is -0.349 e. The molecule has 8 heteroatoms. The fraction of sp³-hybridized carbons (Fsp3) is 0.292.